The molecule has 1 unspecified atom stereocenters. The molecule has 6 heteroatoms. The standard InChI is InChI=1S/C23H26Cl2N2O2/c1-3-15-9-12-20(25)19(4-2)21(15)26-22(28)17-6-5-13-27(14-17)23(29)16-7-10-18(24)11-8-16/h7-12,17H,3-6,13-14H2,1-2H3,(H,26,28). The minimum Gasteiger partial charge on any atom is -0.338 e. The maximum Gasteiger partial charge on any atom is 0.253 e. The molecule has 0 radical (unpaired) electrons. The van der Waals surface area contributed by atoms with Gasteiger partial charge in [-0.25, -0.2) is 0 Å². The first-order valence-corrected chi connectivity index (χ1v) is 10.9. The largest absolute Gasteiger partial charge is 0.338 e. The number of hydrogen-bond donors (Lipinski definition) is 1. The van der Waals surface area contributed by atoms with Gasteiger partial charge in [-0.1, -0.05) is 43.1 Å². The first-order valence-electron chi connectivity index (χ1n) is 10.1. The van der Waals surface area contributed by atoms with Crippen molar-refractivity contribution in [1.29, 1.82) is 0 Å². The van der Waals surface area contributed by atoms with Crippen LogP contribution < -0.4 is 5.32 Å². The summed E-state index contributed by atoms with van der Waals surface area (Å²) in [6, 6.07) is 10.7. The Kier molecular flexibility index (Phi) is 7.20. The number of likely N-dealkylation sites (tertiary alicyclic amines) is 1. The summed E-state index contributed by atoms with van der Waals surface area (Å²) in [5, 5.41) is 4.38. The van der Waals surface area contributed by atoms with E-state index >= 15 is 0 Å². The number of amides is 2. The van der Waals surface area contributed by atoms with Crippen LogP contribution in [0.25, 0.3) is 0 Å². The Morgan fingerprint density at radius 2 is 1.79 bits per heavy atom. The summed E-state index contributed by atoms with van der Waals surface area (Å²) in [4.78, 5) is 27.6. The number of halogens is 2. The Morgan fingerprint density at radius 1 is 1.07 bits per heavy atom. The van der Waals surface area contributed by atoms with Crippen LogP contribution >= 0.6 is 23.2 Å². The van der Waals surface area contributed by atoms with Gasteiger partial charge in [-0.2, -0.15) is 0 Å². The maximum atomic E-state index is 13.1. The van der Waals surface area contributed by atoms with E-state index in [1.165, 1.54) is 0 Å². The Labute approximate surface area is 182 Å². The van der Waals surface area contributed by atoms with E-state index in [0.29, 0.717) is 28.7 Å². The zero-order chi connectivity index (χ0) is 21.0. The van der Waals surface area contributed by atoms with Crippen LogP contribution in [0, 0.1) is 5.92 Å². The smallest absolute Gasteiger partial charge is 0.253 e. The average molecular weight is 433 g/mol. The van der Waals surface area contributed by atoms with E-state index in [2.05, 4.69) is 12.2 Å². The lowest BCUT2D eigenvalue weighted by Crippen LogP contribution is -2.43. The fourth-order valence-corrected chi connectivity index (χ4v) is 4.26. The van der Waals surface area contributed by atoms with Gasteiger partial charge in [0, 0.05) is 34.4 Å². The van der Waals surface area contributed by atoms with Crippen LogP contribution in [0.1, 0.15) is 48.2 Å². The van der Waals surface area contributed by atoms with Gasteiger partial charge in [0.2, 0.25) is 5.91 Å². The second kappa shape index (κ2) is 9.64. The summed E-state index contributed by atoms with van der Waals surface area (Å²) in [6.07, 6.45) is 3.12. The van der Waals surface area contributed by atoms with Gasteiger partial charge in [0.15, 0.2) is 0 Å². The number of rotatable bonds is 5. The normalized spacial score (nSPS) is 16.6. The van der Waals surface area contributed by atoms with E-state index in [1.807, 2.05) is 19.1 Å². The minimum atomic E-state index is -0.242. The second-order valence-corrected chi connectivity index (χ2v) is 8.20. The minimum absolute atomic E-state index is 0.0507. The van der Waals surface area contributed by atoms with Gasteiger partial charge in [0.25, 0.3) is 5.91 Å². The number of carbonyl (C=O) groups is 2. The van der Waals surface area contributed by atoms with Gasteiger partial charge >= 0.3 is 0 Å². The first-order chi connectivity index (χ1) is 13.9. The summed E-state index contributed by atoms with van der Waals surface area (Å²) in [5.41, 5.74) is 3.45. The highest BCUT2D eigenvalue weighted by molar-refractivity contribution is 6.32. The van der Waals surface area contributed by atoms with E-state index < -0.39 is 0 Å². The molecule has 0 saturated carbocycles. The SMILES string of the molecule is CCc1ccc(Cl)c(CC)c1NC(=O)C1CCCN(C(=O)c2ccc(Cl)cc2)C1. The molecule has 4 nitrogen and oxygen atoms in total. The Morgan fingerprint density at radius 3 is 2.45 bits per heavy atom. The average Bonchev–Trinajstić information content (AvgIpc) is 2.74. The Hall–Kier alpha value is -2.04. The van der Waals surface area contributed by atoms with Crippen LogP contribution in [-0.4, -0.2) is 29.8 Å². The van der Waals surface area contributed by atoms with Gasteiger partial charge in [0.05, 0.1) is 5.92 Å². The molecule has 29 heavy (non-hydrogen) atoms. The second-order valence-electron chi connectivity index (χ2n) is 7.35. The molecule has 2 aromatic rings. The van der Waals surface area contributed by atoms with Crippen molar-refractivity contribution < 1.29 is 9.59 Å². The molecular formula is C23H26Cl2N2O2. The Bertz CT molecular complexity index is 896. The van der Waals surface area contributed by atoms with Crippen LogP contribution in [0.4, 0.5) is 5.69 Å². The molecule has 0 aromatic heterocycles. The molecule has 0 bridgehead atoms. The topological polar surface area (TPSA) is 49.4 Å². The van der Waals surface area contributed by atoms with Crippen LogP contribution in [0.5, 0.6) is 0 Å². The van der Waals surface area contributed by atoms with Crippen molar-refractivity contribution in [2.75, 3.05) is 18.4 Å². The van der Waals surface area contributed by atoms with Gasteiger partial charge in [-0.3, -0.25) is 9.59 Å². The van der Waals surface area contributed by atoms with E-state index in [4.69, 9.17) is 23.2 Å². The highest BCUT2D eigenvalue weighted by Crippen LogP contribution is 2.31. The summed E-state index contributed by atoms with van der Waals surface area (Å²) >= 11 is 12.3. The van der Waals surface area contributed by atoms with Gasteiger partial charge in [-0.15, -0.1) is 0 Å². The quantitative estimate of drug-likeness (QED) is 0.667. The van der Waals surface area contributed by atoms with Crippen molar-refractivity contribution in [2.45, 2.75) is 39.5 Å². The van der Waals surface area contributed by atoms with Gasteiger partial charge < -0.3 is 10.2 Å². The zero-order valence-corrected chi connectivity index (χ0v) is 18.3. The molecule has 0 aliphatic carbocycles. The van der Waals surface area contributed by atoms with Crippen molar-refractivity contribution in [3.63, 3.8) is 0 Å². The van der Waals surface area contributed by atoms with Crippen LogP contribution in [0.15, 0.2) is 36.4 Å². The van der Waals surface area contributed by atoms with Crippen molar-refractivity contribution >= 4 is 40.7 Å². The molecule has 1 heterocycles. The van der Waals surface area contributed by atoms with Gasteiger partial charge in [0.1, 0.15) is 0 Å². The molecule has 1 fully saturated rings. The number of hydrogen-bond acceptors (Lipinski definition) is 2. The molecule has 1 aliphatic heterocycles. The molecule has 1 saturated heterocycles. The lowest BCUT2D eigenvalue weighted by atomic mass is 9.95. The predicted molar refractivity (Wildman–Crippen MR) is 119 cm³/mol. The van der Waals surface area contributed by atoms with Crippen molar-refractivity contribution in [2.24, 2.45) is 5.92 Å². The van der Waals surface area contributed by atoms with Crippen LogP contribution in [-0.2, 0) is 17.6 Å². The number of nitrogens with zero attached hydrogens (tertiary/aromatic N) is 1. The highest BCUT2D eigenvalue weighted by atomic mass is 35.5. The van der Waals surface area contributed by atoms with E-state index in [-0.39, 0.29) is 17.7 Å². The molecule has 1 aliphatic rings. The molecule has 2 amide bonds. The molecule has 0 spiro atoms. The van der Waals surface area contributed by atoms with Gasteiger partial charge in [-0.05, 0) is 67.1 Å². The van der Waals surface area contributed by atoms with E-state index in [9.17, 15) is 9.59 Å². The molecular weight excluding hydrogens is 407 g/mol. The van der Waals surface area contributed by atoms with Crippen LogP contribution in [0.2, 0.25) is 10.0 Å². The van der Waals surface area contributed by atoms with Crippen LogP contribution in [0.3, 0.4) is 0 Å². The fourth-order valence-electron chi connectivity index (χ4n) is 3.84. The molecule has 154 valence electrons. The summed E-state index contributed by atoms with van der Waals surface area (Å²) < 4.78 is 0. The number of piperidine rings is 1. The number of benzene rings is 2. The predicted octanol–water partition coefficient (Wildman–Crippen LogP) is 5.61. The number of carbonyl (C=O) groups excluding carboxylic acids is 2. The Balaban J connectivity index is 1.74. The number of nitrogens with one attached hydrogen (secondary N) is 1. The van der Waals surface area contributed by atoms with E-state index in [1.54, 1.807) is 29.2 Å². The zero-order valence-electron chi connectivity index (χ0n) is 16.8. The lowest BCUT2D eigenvalue weighted by Gasteiger charge is -2.32. The monoisotopic (exact) mass is 432 g/mol. The van der Waals surface area contributed by atoms with Crippen molar-refractivity contribution in [1.82, 2.24) is 4.90 Å². The van der Waals surface area contributed by atoms with Crippen molar-refractivity contribution in [3.8, 4) is 0 Å². The lowest BCUT2D eigenvalue weighted by molar-refractivity contribution is -0.121. The summed E-state index contributed by atoms with van der Waals surface area (Å²) in [6.45, 7) is 5.16. The first kappa shape index (κ1) is 21.7. The molecule has 2 aromatic carbocycles. The fraction of sp³-hybridized carbons (Fsp3) is 0.391. The summed E-state index contributed by atoms with van der Waals surface area (Å²) in [5.74, 6) is -0.357. The third-order valence-corrected chi connectivity index (χ3v) is 6.10. The third-order valence-electron chi connectivity index (χ3n) is 5.50. The van der Waals surface area contributed by atoms with Crippen molar-refractivity contribution in [3.05, 3.63) is 63.1 Å². The molecule has 1 N–H and O–H groups in total. The highest BCUT2D eigenvalue weighted by Gasteiger charge is 2.29. The number of aryl methyl sites for hydroxylation is 1. The third kappa shape index (κ3) is 4.93. The molecule has 1 atom stereocenters. The maximum absolute atomic E-state index is 13.1. The summed E-state index contributed by atoms with van der Waals surface area (Å²) in [7, 11) is 0. The van der Waals surface area contributed by atoms with E-state index in [0.717, 1.165) is 42.5 Å². The molecule has 3 rings (SSSR count). The number of anilines is 1.